The Hall–Kier alpha value is -1.92. The molecule has 1 aromatic rings. The van der Waals surface area contributed by atoms with Crippen LogP contribution in [0.1, 0.15) is 22.3 Å². The van der Waals surface area contributed by atoms with Gasteiger partial charge in [-0.25, -0.2) is 4.79 Å². The lowest BCUT2D eigenvalue weighted by Crippen LogP contribution is -2.40. The highest BCUT2D eigenvalue weighted by molar-refractivity contribution is 5.97. The molecule has 1 aromatic carbocycles. The zero-order chi connectivity index (χ0) is 14.7. The molecule has 20 heavy (non-hydrogen) atoms. The third-order valence-corrected chi connectivity index (χ3v) is 3.31. The average Bonchev–Trinajstić information content (AvgIpc) is 2.81. The predicted octanol–water partition coefficient (Wildman–Crippen LogP) is 0.493. The number of β-amino-alcohol motifs (C(OH)–C–C–N with tert-alkyl or cyclic N) is 1. The molecule has 2 N–H and O–H groups in total. The Morgan fingerprint density at radius 1 is 1.45 bits per heavy atom. The minimum Gasteiger partial charge on any atom is -0.480 e. The molecule has 0 radical (unpaired) electrons. The van der Waals surface area contributed by atoms with Crippen LogP contribution in [0.2, 0.25) is 0 Å². The number of carboxylic acid groups (broad SMARTS) is 1. The predicted molar refractivity (Wildman–Crippen MR) is 70.2 cm³/mol. The van der Waals surface area contributed by atoms with Gasteiger partial charge in [0.25, 0.3) is 5.91 Å². The van der Waals surface area contributed by atoms with Crippen LogP contribution in [0.15, 0.2) is 24.3 Å². The van der Waals surface area contributed by atoms with E-state index in [0.29, 0.717) is 12.2 Å². The lowest BCUT2D eigenvalue weighted by atomic mass is 10.1. The second kappa shape index (κ2) is 6.02. The number of rotatable bonds is 4. The van der Waals surface area contributed by atoms with Crippen LogP contribution < -0.4 is 0 Å². The van der Waals surface area contributed by atoms with Crippen molar-refractivity contribution in [3.05, 3.63) is 35.4 Å². The molecule has 1 fully saturated rings. The van der Waals surface area contributed by atoms with Crippen LogP contribution in [0.3, 0.4) is 0 Å². The van der Waals surface area contributed by atoms with Gasteiger partial charge in [-0.2, -0.15) is 0 Å². The number of amides is 1. The van der Waals surface area contributed by atoms with Gasteiger partial charge >= 0.3 is 5.97 Å². The Kier molecular flexibility index (Phi) is 4.36. The highest BCUT2D eigenvalue weighted by Gasteiger charge is 2.39. The Labute approximate surface area is 116 Å². The molecular formula is C14H17NO5. The molecule has 0 spiro atoms. The molecule has 108 valence electrons. The molecule has 2 atom stereocenters. The van der Waals surface area contributed by atoms with Crippen LogP contribution in [0, 0.1) is 0 Å². The van der Waals surface area contributed by atoms with E-state index in [1.165, 1.54) is 4.90 Å². The van der Waals surface area contributed by atoms with Gasteiger partial charge in [0.15, 0.2) is 0 Å². The third kappa shape index (κ3) is 2.97. The number of methoxy groups -OCH3 is 1. The van der Waals surface area contributed by atoms with Gasteiger partial charge in [0.1, 0.15) is 6.04 Å². The first-order valence-electron chi connectivity index (χ1n) is 6.32. The normalized spacial score (nSPS) is 22.0. The van der Waals surface area contributed by atoms with Crippen molar-refractivity contribution in [1.29, 1.82) is 0 Å². The van der Waals surface area contributed by atoms with E-state index in [1.807, 2.05) is 6.07 Å². The van der Waals surface area contributed by atoms with Gasteiger partial charge in [0, 0.05) is 25.6 Å². The molecule has 0 aromatic heterocycles. The van der Waals surface area contributed by atoms with E-state index in [2.05, 4.69) is 0 Å². The smallest absolute Gasteiger partial charge is 0.326 e. The first-order valence-corrected chi connectivity index (χ1v) is 6.32. The van der Waals surface area contributed by atoms with Crippen molar-refractivity contribution in [2.75, 3.05) is 13.7 Å². The number of likely N-dealkylation sites (tertiary alicyclic amines) is 1. The molecule has 0 aliphatic carbocycles. The van der Waals surface area contributed by atoms with Crippen LogP contribution in [-0.2, 0) is 16.1 Å². The Morgan fingerprint density at radius 3 is 2.85 bits per heavy atom. The quantitative estimate of drug-likeness (QED) is 0.837. The maximum Gasteiger partial charge on any atom is 0.326 e. The number of hydrogen-bond donors (Lipinski definition) is 2. The summed E-state index contributed by atoms with van der Waals surface area (Å²) in [7, 11) is 1.56. The summed E-state index contributed by atoms with van der Waals surface area (Å²) >= 11 is 0. The molecule has 0 unspecified atom stereocenters. The summed E-state index contributed by atoms with van der Waals surface area (Å²) < 4.78 is 5.01. The van der Waals surface area contributed by atoms with Gasteiger partial charge in [-0.15, -0.1) is 0 Å². The number of aliphatic carboxylic acids is 1. The second-order valence-electron chi connectivity index (χ2n) is 4.83. The molecule has 1 heterocycles. The van der Waals surface area contributed by atoms with Crippen LogP contribution in [0.25, 0.3) is 0 Å². The van der Waals surface area contributed by atoms with Crippen molar-refractivity contribution in [3.63, 3.8) is 0 Å². The second-order valence-corrected chi connectivity index (χ2v) is 4.83. The molecule has 6 heteroatoms. The molecule has 6 nitrogen and oxygen atoms in total. The van der Waals surface area contributed by atoms with Gasteiger partial charge in [0.2, 0.25) is 0 Å². The fourth-order valence-corrected chi connectivity index (χ4v) is 2.40. The number of hydrogen-bond acceptors (Lipinski definition) is 4. The average molecular weight is 279 g/mol. The highest BCUT2D eigenvalue weighted by atomic mass is 16.5. The van der Waals surface area contributed by atoms with Crippen LogP contribution >= 0.6 is 0 Å². The summed E-state index contributed by atoms with van der Waals surface area (Å²) in [4.78, 5) is 24.7. The molecule has 0 bridgehead atoms. The zero-order valence-corrected chi connectivity index (χ0v) is 11.2. The number of carbonyl (C=O) groups is 2. The van der Waals surface area contributed by atoms with E-state index in [9.17, 15) is 14.7 Å². The molecule has 0 saturated carbocycles. The molecule has 1 aliphatic heterocycles. The number of nitrogens with zero attached hydrogens (tertiary/aromatic N) is 1. The van der Waals surface area contributed by atoms with Gasteiger partial charge in [-0.1, -0.05) is 12.1 Å². The molecular weight excluding hydrogens is 262 g/mol. The molecule has 1 saturated heterocycles. The van der Waals surface area contributed by atoms with E-state index in [1.54, 1.807) is 25.3 Å². The fourth-order valence-electron chi connectivity index (χ4n) is 2.40. The minimum atomic E-state index is -1.09. The Balaban J connectivity index is 2.21. The van der Waals surface area contributed by atoms with Gasteiger partial charge in [-0.05, 0) is 17.7 Å². The third-order valence-electron chi connectivity index (χ3n) is 3.31. The van der Waals surface area contributed by atoms with Gasteiger partial charge in [-0.3, -0.25) is 4.79 Å². The summed E-state index contributed by atoms with van der Waals surface area (Å²) in [6.45, 7) is 0.427. The van der Waals surface area contributed by atoms with E-state index in [0.717, 1.165) is 5.56 Å². The van der Waals surface area contributed by atoms with E-state index in [4.69, 9.17) is 9.84 Å². The number of carbonyl (C=O) groups excluding carboxylic acids is 1. The summed E-state index contributed by atoms with van der Waals surface area (Å²) in [5, 5.41) is 18.7. The van der Waals surface area contributed by atoms with E-state index in [-0.39, 0.29) is 18.9 Å². The summed E-state index contributed by atoms with van der Waals surface area (Å²) in [5.74, 6) is -1.48. The van der Waals surface area contributed by atoms with Crippen molar-refractivity contribution in [2.24, 2.45) is 0 Å². The van der Waals surface area contributed by atoms with Crippen LogP contribution in [0.4, 0.5) is 0 Å². The summed E-state index contributed by atoms with van der Waals surface area (Å²) in [6, 6.07) is 5.89. The lowest BCUT2D eigenvalue weighted by Gasteiger charge is -2.21. The maximum absolute atomic E-state index is 12.4. The van der Waals surface area contributed by atoms with Crippen molar-refractivity contribution < 1.29 is 24.5 Å². The van der Waals surface area contributed by atoms with E-state index < -0.39 is 18.1 Å². The molecule has 2 rings (SSSR count). The van der Waals surface area contributed by atoms with Crippen molar-refractivity contribution in [1.82, 2.24) is 4.90 Å². The topological polar surface area (TPSA) is 87.1 Å². The summed E-state index contributed by atoms with van der Waals surface area (Å²) in [5.41, 5.74) is 1.24. The van der Waals surface area contributed by atoms with Crippen molar-refractivity contribution in [2.45, 2.75) is 25.2 Å². The fraction of sp³-hybridized carbons (Fsp3) is 0.429. The maximum atomic E-state index is 12.4. The number of carboxylic acids is 1. The SMILES string of the molecule is COCc1cccc(C(=O)N2C[C@H](O)C[C@@H]2C(=O)O)c1. The molecule has 1 amide bonds. The van der Waals surface area contributed by atoms with Gasteiger partial charge < -0.3 is 19.8 Å². The van der Waals surface area contributed by atoms with Gasteiger partial charge in [0.05, 0.1) is 12.7 Å². The van der Waals surface area contributed by atoms with E-state index >= 15 is 0 Å². The monoisotopic (exact) mass is 279 g/mol. The van der Waals surface area contributed by atoms with Crippen LogP contribution in [-0.4, -0.2) is 52.8 Å². The van der Waals surface area contributed by atoms with Crippen LogP contribution in [0.5, 0.6) is 0 Å². The largest absolute Gasteiger partial charge is 0.480 e. The number of aliphatic hydroxyl groups is 1. The number of aliphatic hydroxyl groups excluding tert-OH is 1. The minimum absolute atomic E-state index is 0.0459. The zero-order valence-electron chi connectivity index (χ0n) is 11.2. The first kappa shape index (κ1) is 14.5. The standard InChI is InChI=1S/C14H17NO5/c1-20-8-9-3-2-4-10(5-9)13(17)15-7-11(16)6-12(15)14(18)19/h2-5,11-12,16H,6-8H2,1H3,(H,18,19)/t11-,12-/m1/s1. The summed E-state index contributed by atoms with van der Waals surface area (Å²) in [6.07, 6.45) is -0.721. The Morgan fingerprint density at radius 2 is 2.20 bits per heavy atom. The Bertz CT molecular complexity index is 516. The first-order chi connectivity index (χ1) is 9.52. The lowest BCUT2D eigenvalue weighted by molar-refractivity contribution is -0.141. The molecule has 1 aliphatic rings. The highest BCUT2D eigenvalue weighted by Crippen LogP contribution is 2.21. The van der Waals surface area contributed by atoms with Crippen molar-refractivity contribution >= 4 is 11.9 Å². The van der Waals surface area contributed by atoms with Crippen molar-refractivity contribution in [3.8, 4) is 0 Å². The number of benzene rings is 1. The number of ether oxygens (including phenoxy) is 1.